The fourth-order valence-corrected chi connectivity index (χ4v) is 4.84. The molecule has 2 aliphatic heterocycles. The average Bonchev–Trinajstić information content (AvgIpc) is 3.24. The second-order valence-electron chi connectivity index (χ2n) is 9.62. The van der Waals surface area contributed by atoms with Gasteiger partial charge in [-0.25, -0.2) is 4.79 Å². The molecule has 4 rings (SSSR count). The average molecular weight is 483 g/mol. The van der Waals surface area contributed by atoms with Crippen molar-refractivity contribution in [2.75, 3.05) is 26.8 Å². The lowest BCUT2D eigenvalue weighted by molar-refractivity contribution is -0.386. The smallest absolute Gasteiger partial charge is 0.319 e. The van der Waals surface area contributed by atoms with E-state index in [4.69, 9.17) is 9.47 Å². The number of hydrogen-bond acceptors (Lipinski definition) is 6. The third kappa shape index (κ3) is 5.85. The molecule has 0 bridgehead atoms. The van der Waals surface area contributed by atoms with E-state index in [0.717, 1.165) is 25.9 Å². The largest absolute Gasteiger partial charge is 0.489 e. The van der Waals surface area contributed by atoms with Gasteiger partial charge in [-0.15, -0.1) is 0 Å². The predicted octanol–water partition coefficient (Wildman–Crippen LogP) is 4.33. The lowest BCUT2D eigenvalue weighted by atomic mass is 9.98. The number of piperidine rings is 1. The van der Waals surface area contributed by atoms with Gasteiger partial charge in [0, 0.05) is 44.3 Å². The number of benzene rings is 2. The first kappa shape index (κ1) is 24.8. The zero-order valence-corrected chi connectivity index (χ0v) is 20.7. The van der Waals surface area contributed by atoms with Gasteiger partial charge in [0.05, 0.1) is 18.6 Å². The summed E-state index contributed by atoms with van der Waals surface area (Å²) in [6, 6.07) is 11.9. The Kier molecular flexibility index (Phi) is 7.75. The van der Waals surface area contributed by atoms with Crippen LogP contribution in [0.4, 0.5) is 10.5 Å². The maximum atomic E-state index is 12.2. The molecule has 9 heteroatoms. The molecule has 0 radical (unpaired) electrons. The summed E-state index contributed by atoms with van der Waals surface area (Å²) >= 11 is 0. The van der Waals surface area contributed by atoms with Crippen LogP contribution in [0.2, 0.25) is 0 Å². The Balaban J connectivity index is 1.40. The van der Waals surface area contributed by atoms with Crippen LogP contribution in [0.15, 0.2) is 36.4 Å². The molecule has 0 saturated carbocycles. The lowest BCUT2D eigenvalue weighted by Gasteiger charge is -2.32. The summed E-state index contributed by atoms with van der Waals surface area (Å²) in [5, 5.41) is 15.0. The molecule has 0 aromatic heterocycles. The second-order valence-corrected chi connectivity index (χ2v) is 9.62. The topological polar surface area (TPSA) is 97.2 Å². The normalized spacial score (nSPS) is 16.3. The molecule has 1 fully saturated rings. The summed E-state index contributed by atoms with van der Waals surface area (Å²) in [4.78, 5) is 27.9. The number of methoxy groups -OCH3 is 1. The Morgan fingerprint density at radius 3 is 2.37 bits per heavy atom. The highest BCUT2D eigenvalue weighted by molar-refractivity contribution is 5.74. The van der Waals surface area contributed by atoms with Gasteiger partial charge in [-0.2, -0.15) is 0 Å². The van der Waals surface area contributed by atoms with E-state index < -0.39 is 0 Å². The molecular formula is C26H34N4O5. The van der Waals surface area contributed by atoms with Crippen LogP contribution in [-0.2, 0) is 19.6 Å². The number of rotatable bonds is 8. The first-order valence-corrected chi connectivity index (χ1v) is 12.2. The van der Waals surface area contributed by atoms with Crippen LogP contribution in [0.3, 0.4) is 0 Å². The molecule has 0 atom stereocenters. The SMILES string of the molecule is COc1c(OCC2CCN(C(=O)NC(C)C)CC2)ccc(CN2Cc3ccccc3C2)c1[N+](=O)[O-]. The molecule has 1 N–H and O–H groups in total. The molecule has 0 spiro atoms. The molecule has 2 aromatic carbocycles. The number of carbonyl (C=O) groups excluding carboxylic acids is 1. The van der Waals surface area contributed by atoms with Gasteiger partial charge in [0.2, 0.25) is 5.75 Å². The Bertz CT molecular complexity index is 1040. The van der Waals surface area contributed by atoms with Crippen LogP contribution < -0.4 is 14.8 Å². The lowest BCUT2D eigenvalue weighted by Crippen LogP contribution is -2.47. The molecule has 0 aliphatic carbocycles. The van der Waals surface area contributed by atoms with Crippen LogP contribution in [0.25, 0.3) is 0 Å². The fraction of sp³-hybridized carbons (Fsp3) is 0.500. The maximum Gasteiger partial charge on any atom is 0.319 e. The zero-order chi connectivity index (χ0) is 24.9. The number of nitrogens with zero attached hydrogens (tertiary/aromatic N) is 3. The standard InChI is InChI=1S/C26H34N4O5/c1-18(2)27-26(31)29-12-10-19(11-13-29)17-35-23-9-8-22(24(30(32)33)25(23)34-3)16-28-14-20-6-4-5-7-21(20)15-28/h4-9,18-19H,10-17H2,1-3H3,(H,27,31). The summed E-state index contributed by atoms with van der Waals surface area (Å²) in [5.74, 6) is 0.815. The highest BCUT2D eigenvalue weighted by atomic mass is 16.6. The van der Waals surface area contributed by atoms with E-state index in [1.54, 1.807) is 12.1 Å². The Morgan fingerprint density at radius 1 is 1.14 bits per heavy atom. The summed E-state index contributed by atoms with van der Waals surface area (Å²) < 4.78 is 11.5. The van der Waals surface area contributed by atoms with Crippen molar-refractivity contribution in [1.82, 2.24) is 15.1 Å². The van der Waals surface area contributed by atoms with Gasteiger partial charge in [-0.3, -0.25) is 15.0 Å². The fourth-order valence-electron chi connectivity index (χ4n) is 4.84. The van der Waals surface area contributed by atoms with Gasteiger partial charge in [0.1, 0.15) is 0 Å². The summed E-state index contributed by atoms with van der Waals surface area (Å²) in [7, 11) is 1.44. The number of ether oxygens (including phenoxy) is 2. The summed E-state index contributed by atoms with van der Waals surface area (Å²) in [5.41, 5.74) is 3.09. The molecule has 2 aliphatic rings. The van der Waals surface area contributed by atoms with E-state index in [2.05, 4.69) is 22.3 Å². The van der Waals surface area contributed by atoms with E-state index in [0.29, 0.717) is 37.6 Å². The van der Waals surface area contributed by atoms with Gasteiger partial charge in [0.25, 0.3) is 0 Å². The van der Waals surface area contributed by atoms with Crippen LogP contribution in [0.1, 0.15) is 43.4 Å². The van der Waals surface area contributed by atoms with Crippen LogP contribution in [0.5, 0.6) is 11.5 Å². The number of nitro groups is 1. The maximum absolute atomic E-state index is 12.2. The van der Waals surface area contributed by atoms with Gasteiger partial charge < -0.3 is 19.7 Å². The minimum atomic E-state index is -0.379. The first-order chi connectivity index (χ1) is 16.9. The number of fused-ring (bicyclic) bond motifs is 1. The first-order valence-electron chi connectivity index (χ1n) is 12.2. The Morgan fingerprint density at radius 2 is 1.80 bits per heavy atom. The number of nitro benzene ring substituents is 1. The number of urea groups is 1. The van der Waals surface area contributed by atoms with Crippen molar-refractivity contribution in [2.45, 2.75) is 52.4 Å². The second kappa shape index (κ2) is 10.9. The Hall–Kier alpha value is -3.33. The molecule has 188 valence electrons. The van der Waals surface area contributed by atoms with Crippen molar-refractivity contribution in [2.24, 2.45) is 5.92 Å². The number of nitrogens with one attached hydrogen (secondary N) is 1. The molecule has 1 saturated heterocycles. The number of carbonyl (C=O) groups is 1. The predicted molar refractivity (Wildman–Crippen MR) is 133 cm³/mol. The summed E-state index contributed by atoms with van der Waals surface area (Å²) in [6.07, 6.45) is 1.65. The van der Waals surface area contributed by atoms with E-state index in [1.807, 2.05) is 30.9 Å². The molecular weight excluding hydrogens is 448 g/mol. The van der Waals surface area contributed by atoms with Crippen molar-refractivity contribution in [3.8, 4) is 11.5 Å². The van der Waals surface area contributed by atoms with Gasteiger partial charge in [-0.05, 0) is 55.9 Å². The molecule has 0 unspecified atom stereocenters. The van der Waals surface area contributed by atoms with E-state index >= 15 is 0 Å². The van der Waals surface area contributed by atoms with Crippen molar-refractivity contribution in [3.63, 3.8) is 0 Å². The monoisotopic (exact) mass is 482 g/mol. The highest BCUT2D eigenvalue weighted by Crippen LogP contribution is 2.41. The number of likely N-dealkylation sites (tertiary alicyclic amines) is 1. The molecule has 35 heavy (non-hydrogen) atoms. The van der Waals surface area contributed by atoms with Crippen LogP contribution in [-0.4, -0.2) is 53.6 Å². The summed E-state index contributed by atoms with van der Waals surface area (Å²) in [6.45, 7) is 7.64. The van der Waals surface area contributed by atoms with E-state index in [-0.39, 0.29) is 34.4 Å². The Labute approximate surface area is 206 Å². The van der Waals surface area contributed by atoms with Crippen molar-refractivity contribution in [1.29, 1.82) is 0 Å². The third-order valence-corrected chi connectivity index (χ3v) is 6.65. The van der Waals surface area contributed by atoms with Gasteiger partial charge in [-0.1, -0.05) is 24.3 Å². The molecule has 2 heterocycles. The number of amides is 2. The van der Waals surface area contributed by atoms with Crippen molar-refractivity contribution >= 4 is 11.7 Å². The highest BCUT2D eigenvalue weighted by Gasteiger charge is 2.29. The van der Waals surface area contributed by atoms with Crippen molar-refractivity contribution < 1.29 is 19.2 Å². The zero-order valence-electron chi connectivity index (χ0n) is 20.7. The van der Waals surface area contributed by atoms with Gasteiger partial charge >= 0.3 is 11.7 Å². The minimum absolute atomic E-state index is 0.0339. The molecule has 2 aromatic rings. The number of hydrogen-bond donors (Lipinski definition) is 1. The van der Waals surface area contributed by atoms with Crippen LogP contribution >= 0.6 is 0 Å². The van der Waals surface area contributed by atoms with Gasteiger partial charge in [0.15, 0.2) is 5.75 Å². The minimum Gasteiger partial charge on any atom is -0.489 e. The van der Waals surface area contributed by atoms with Crippen LogP contribution in [0, 0.1) is 16.0 Å². The molecule has 2 amide bonds. The van der Waals surface area contributed by atoms with Crippen molar-refractivity contribution in [3.05, 3.63) is 63.2 Å². The molecule has 9 nitrogen and oxygen atoms in total. The van der Waals surface area contributed by atoms with E-state index in [9.17, 15) is 14.9 Å². The quantitative estimate of drug-likeness (QED) is 0.444. The third-order valence-electron chi connectivity index (χ3n) is 6.65. The van der Waals surface area contributed by atoms with E-state index in [1.165, 1.54) is 18.2 Å².